The minimum Gasteiger partial charge on any atom is -0.373 e. The molecule has 0 amide bonds. The van der Waals surface area contributed by atoms with E-state index >= 15 is 0 Å². The zero-order valence-electron chi connectivity index (χ0n) is 11.9. The molecule has 0 aromatic heterocycles. The molecule has 1 aliphatic heterocycles. The summed E-state index contributed by atoms with van der Waals surface area (Å²) in [6, 6.07) is 8.94. The highest BCUT2D eigenvalue weighted by molar-refractivity contribution is 5.31. The van der Waals surface area contributed by atoms with Crippen LogP contribution in [0.25, 0.3) is 0 Å². The molecule has 19 heavy (non-hydrogen) atoms. The standard InChI is InChI=1S/C17H25NO/c1-17(9-4-5-10-17)16(18)12-15-14-7-3-2-6-13(14)8-11-19-15/h2-3,6-7,15-16H,4-5,8-12,18H2,1H3. The van der Waals surface area contributed by atoms with E-state index < -0.39 is 0 Å². The second kappa shape index (κ2) is 5.26. The van der Waals surface area contributed by atoms with Crippen molar-refractivity contribution in [3.63, 3.8) is 0 Å². The summed E-state index contributed by atoms with van der Waals surface area (Å²) in [5.41, 5.74) is 9.66. The van der Waals surface area contributed by atoms with Crippen LogP contribution in [0, 0.1) is 5.41 Å². The molecule has 1 aliphatic carbocycles. The molecule has 0 saturated heterocycles. The Morgan fingerprint density at radius 3 is 2.84 bits per heavy atom. The Bertz CT molecular complexity index is 437. The molecular weight excluding hydrogens is 234 g/mol. The first-order chi connectivity index (χ1) is 9.19. The first-order valence-corrected chi connectivity index (χ1v) is 7.64. The van der Waals surface area contributed by atoms with Crippen molar-refractivity contribution >= 4 is 0 Å². The minimum absolute atomic E-state index is 0.206. The van der Waals surface area contributed by atoms with Crippen molar-refractivity contribution in [1.82, 2.24) is 0 Å². The molecule has 1 fully saturated rings. The summed E-state index contributed by atoms with van der Waals surface area (Å²) in [6.45, 7) is 3.20. The second-order valence-corrected chi connectivity index (χ2v) is 6.51. The third kappa shape index (κ3) is 2.56. The summed E-state index contributed by atoms with van der Waals surface area (Å²) in [7, 11) is 0. The predicted octanol–water partition coefficient (Wildman–Crippen LogP) is 3.60. The van der Waals surface area contributed by atoms with E-state index in [0.29, 0.717) is 5.41 Å². The number of rotatable bonds is 3. The van der Waals surface area contributed by atoms with E-state index in [1.807, 2.05) is 0 Å². The number of benzene rings is 1. The fourth-order valence-corrected chi connectivity index (χ4v) is 3.74. The lowest BCUT2D eigenvalue weighted by molar-refractivity contribution is 0.0213. The summed E-state index contributed by atoms with van der Waals surface area (Å²) in [5.74, 6) is 0. The van der Waals surface area contributed by atoms with Gasteiger partial charge in [-0.3, -0.25) is 0 Å². The van der Waals surface area contributed by atoms with Crippen LogP contribution in [0.2, 0.25) is 0 Å². The van der Waals surface area contributed by atoms with Crippen LogP contribution < -0.4 is 5.73 Å². The van der Waals surface area contributed by atoms with E-state index in [1.54, 1.807) is 0 Å². The zero-order chi connectivity index (χ0) is 13.3. The molecule has 2 heteroatoms. The number of fused-ring (bicyclic) bond motifs is 1. The Labute approximate surface area is 116 Å². The summed E-state index contributed by atoms with van der Waals surface area (Å²) in [4.78, 5) is 0. The van der Waals surface area contributed by atoms with Crippen molar-refractivity contribution in [2.75, 3.05) is 6.61 Å². The van der Waals surface area contributed by atoms with Gasteiger partial charge >= 0.3 is 0 Å². The van der Waals surface area contributed by atoms with Gasteiger partial charge in [-0.1, -0.05) is 44.0 Å². The summed E-state index contributed by atoms with van der Waals surface area (Å²) in [6.07, 6.45) is 7.45. The van der Waals surface area contributed by atoms with E-state index in [-0.39, 0.29) is 12.1 Å². The van der Waals surface area contributed by atoms with Crippen molar-refractivity contribution in [2.45, 2.75) is 57.6 Å². The first-order valence-electron chi connectivity index (χ1n) is 7.64. The molecule has 3 rings (SSSR count). The van der Waals surface area contributed by atoms with E-state index in [2.05, 4.69) is 31.2 Å². The molecule has 0 spiro atoms. The smallest absolute Gasteiger partial charge is 0.0842 e. The van der Waals surface area contributed by atoms with Gasteiger partial charge in [0.05, 0.1) is 12.7 Å². The van der Waals surface area contributed by atoms with Crippen LogP contribution in [0.3, 0.4) is 0 Å². The Hall–Kier alpha value is -0.860. The molecule has 2 atom stereocenters. The van der Waals surface area contributed by atoms with Gasteiger partial charge in [-0.25, -0.2) is 0 Å². The van der Waals surface area contributed by atoms with Crippen molar-refractivity contribution in [1.29, 1.82) is 0 Å². The Balaban J connectivity index is 1.74. The second-order valence-electron chi connectivity index (χ2n) is 6.51. The highest BCUT2D eigenvalue weighted by atomic mass is 16.5. The summed E-state index contributed by atoms with van der Waals surface area (Å²) < 4.78 is 6.00. The van der Waals surface area contributed by atoms with Crippen LogP contribution >= 0.6 is 0 Å². The summed E-state index contributed by atoms with van der Waals surface area (Å²) >= 11 is 0. The molecule has 1 aromatic rings. The lowest BCUT2D eigenvalue weighted by atomic mass is 9.77. The number of hydrogen-bond acceptors (Lipinski definition) is 2. The van der Waals surface area contributed by atoms with Crippen molar-refractivity contribution in [3.8, 4) is 0 Å². The van der Waals surface area contributed by atoms with Crippen molar-refractivity contribution in [2.24, 2.45) is 11.1 Å². The minimum atomic E-state index is 0.206. The van der Waals surface area contributed by atoms with Gasteiger partial charge < -0.3 is 10.5 Å². The van der Waals surface area contributed by atoms with Gasteiger partial charge in [0.25, 0.3) is 0 Å². The number of ether oxygens (including phenoxy) is 1. The number of nitrogens with two attached hydrogens (primary N) is 1. The van der Waals surface area contributed by atoms with Crippen LogP contribution in [0.1, 0.15) is 56.3 Å². The quantitative estimate of drug-likeness (QED) is 0.900. The average molecular weight is 259 g/mol. The molecule has 1 aromatic carbocycles. The van der Waals surface area contributed by atoms with E-state index in [1.165, 1.54) is 36.8 Å². The van der Waals surface area contributed by atoms with E-state index in [0.717, 1.165) is 19.4 Å². The molecule has 2 N–H and O–H groups in total. The van der Waals surface area contributed by atoms with Gasteiger partial charge in [0.2, 0.25) is 0 Å². The maximum absolute atomic E-state index is 6.52. The van der Waals surface area contributed by atoms with Gasteiger partial charge in [-0.05, 0) is 42.2 Å². The molecule has 2 aliphatic rings. The lowest BCUT2D eigenvalue weighted by Gasteiger charge is -2.35. The molecule has 0 bridgehead atoms. The summed E-state index contributed by atoms with van der Waals surface area (Å²) in [5, 5.41) is 0. The Morgan fingerprint density at radius 1 is 1.32 bits per heavy atom. The average Bonchev–Trinajstić information content (AvgIpc) is 2.87. The highest BCUT2D eigenvalue weighted by Gasteiger charge is 2.37. The zero-order valence-corrected chi connectivity index (χ0v) is 11.9. The van der Waals surface area contributed by atoms with Crippen LogP contribution in [0.15, 0.2) is 24.3 Å². The molecule has 1 saturated carbocycles. The fraction of sp³-hybridized carbons (Fsp3) is 0.647. The maximum Gasteiger partial charge on any atom is 0.0842 e. The third-order valence-corrected chi connectivity index (χ3v) is 5.20. The normalized spacial score (nSPS) is 26.9. The van der Waals surface area contributed by atoms with E-state index in [9.17, 15) is 0 Å². The molecule has 2 unspecified atom stereocenters. The van der Waals surface area contributed by atoms with E-state index in [4.69, 9.17) is 10.5 Å². The topological polar surface area (TPSA) is 35.2 Å². The molecule has 104 valence electrons. The van der Waals surface area contributed by atoms with Crippen LogP contribution in [-0.4, -0.2) is 12.6 Å². The Kier molecular flexibility index (Phi) is 3.64. The third-order valence-electron chi connectivity index (χ3n) is 5.20. The van der Waals surface area contributed by atoms with Gasteiger partial charge in [0.15, 0.2) is 0 Å². The SMILES string of the molecule is CC1(C(N)CC2OCCc3ccccc32)CCCC1. The van der Waals surface area contributed by atoms with Gasteiger partial charge in [0, 0.05) is 6.04 Å². The Morgan fingerprint density at radius 2 is 2.05 bits per heavy atom. The monoisotopic (exact) mass is 259 g/mol. The lowest BCUT2D eigenvalue weighted by Crippen LogP contribution is -2.39. The van der Waals surface area contributed by atoms with Crippen LogP contribution in [0.4, 0.5) is 0 Å². The van der Waals surface area contributed by atoms with Crippen LogP contribution in [-0.2, 0) is 11.2 Å². The number of hydrogen-bond donors (Lipinski definition) is 1. The highest BCUT2D eigenvalue weighted by Crippen LogP contribution is 2.43. The fourth-order valence-electron chi connectivity index (χ4n) is 3.74. The van der Waals surface area contributed by atoms with Gasteiger partial charge in [-0.15, -0.1) is 0 Å². The van der Waals surface area contributed by atoms with Crippen molar-refractivity contribution < 1.29 is 4.74 Å². The van der Waals surface area contributed by atoms with Gasteiger partial charge in [-0.2, -0.15) is 0 Å². The predicted molar refractivity (Wildman–Crippen MR) is 78.0 cm³/mol. The first kappa shape index (κ1) is 13.1. The largest absolute Gasteiger partial charge is 0.373 e. The molecule has 0 radical (unpaired) electrons. The van der Waals surface area contributed by atoms with Crippen molar-refractivity contribution in [3.05, 3.63) is 35.4 Å². The van der Waals surface area contributed by atoms with Gasteiger partial charge in [0.1, 0.15) is 0 Å². The van der Waals surface area contributed by atoms with Crippen LogP contribution in [0.5, 0.6) is 0 Å². The molecule has 2 nitrogen and oxygen atoms in total. The molecule has 1 heterocycles. The maximum atomic E-state index is 6.52. The molecular formula is C17H25NO.